The van der Waals surface area contributed by atoms with Crippen LogP contribution >= 0.6 is 11.6 Å². The van der Waals surface area contributed by atoms with Gasteiger partial charge in [-0.05, 0) is 0 Å². The van der Waals surface area contributed by atoms with Crippen molar-refractivity contribution >= 4 is 17.3 Å². The highest BCUT2D eigenvalue weighted by Gasteiger charge is 2.09. The summed E-state index contributed by atoms with van der Waals surface area (Å²) in [5, 5.41) is 7.22. The maximum atomic E-state index is 12.0. The van der Waals surface area contributed by atoms with E-state index in [0.717, 1.165) is 5.82 Å². The van der Waals surface area contributed by atoms with E-state index in [1.165, 1.54) is 10.9 Å². The molecule has 0 saturated carbocycles. The number of hydrogen-bond acceptors (Lipinski definition) is 5. The highest BCUT2D eigenvalue weighted by atomic mass is 35.5. The summed E-state index contributed by atoms with van der Waals surface area (Å²) in [6.07, 6.45) is 5.08. The molecule has 7 nitrogen and oxygen atoms in total. The summed E-state index contributed by atoms with van der Waals surface area (Å²) in [4.78, 5) is 16.2. The first-order chi connectivity index (χ1) is 9.63. The maximum absolute atomic E-state index is 12.0. The highest BCUT2D eigenvalue weighted by Crippen LogP contribution is 2.15. The Labute approximate surface area is 121 Å². The molecule has 108 valence electrons. The Hall–Kier alpha value is -1.86. The number of methoxy groups -OCH3 is 1. The molecule has 2 aromatic rings. The third kappa shape index (κ3) is 3.17. The van der Waals surface area contributed by atoms with Gasteiger partial charge < -0.3 is 14.6 Å². The number of anilines is 1. The van der Waals surface area contributed by atoms with Crippen molar-refractivity contribution < 1.29 is 4.74 Å². The van der Waals surface area contributed by atoms with Gasteiger partial charge >= 0.3 is 0 Å². The fourth-order valence-electron chi connectivity index (χ4n) is 1.67. The molecule has 0 bridgehead atoms. The second kappa shape index (κ2) is 6.53. The standard InChI is InChI=1S/C12H16ClN5O2/c1-17-4-3-14-10(17)8-15-9-7-16-18(5-6-20-2)12(19)11(9)13/h3-4,7,15H,5-6,8H2,1-2H3. The van der Waals surface area contributed by atoms with E-state index in [1.807, 2.05) is 17.8 Å². The van der Waals surface area contributed by atoms with E-state index in [-0.39, 0.29) is 10.6 Å². The van der Waals surface area contributed by atoms with Crippen LogP contribution in [0.4, 0.5) is 5.69 Å². The number of rotatable bonds is 6. The number of hydrogen-bond donors (Lipinski definition) is 1. The molecule has 20 heavy (non-hydrogen) atoms. The fourth-order valence-corrected chi connectivity index (χ4v) is 1.88. The zero-order chi connectivity index (χ0) is 14.5. The molecule has 2 rings (SSSR count). The van der Waals surface area contributed by atoms with Crippen molar-refractivity contribution in [1.29, 1.82) is 0 Å². The Morgan fingerprint density at radius 2 is 2.30 bits per heavy atom. The van der Waals surface area contributed by atoms with Crippen molar-refractivity contribution in [1.82, 2.24) is 19.3 Å². The lowest BCUT2D eigenvalue weighted by atomic mass is 10.4. The lowest BCUT2D eigenvalue weighted by molar-refractivity contribution is 0.182. The zero-order valence-electron chi connectivity index (χ0n) is 11.3. The second-order valence-corrected chi connectivity index (χ2v) is 4.58. The number of nitrogens with one attached hydrogen (secondary N) is 1. The third-order valence-electron chi connectivity index (χ3n) is 2.85. The normalized spacial score (nSPS) is 10.8. The average Bonchev–Trinajstić information content (AvgIpc) is 2.85. The Morgan fingerprint density at radius 1 is 1.50 bits per heavy atom. The molecule has 0 aromatic carbocycles. The molecular weight excluding hydrogens is 282 g/mol. The summed E-state index contributed by atoms with van der Waals surface area (Å²) >= 11 is 6.05. The first-order valence-electron chi connectivity index (χ1n) is 6.08. The average molecular weight is 298 g/mol. The smallest absolute Gasteiger partial charge is 0.287 e. The molecule has 2 heterocycles. The SMILES string of the molecule is COCCn1ncc(NCc2nccn2C)c(Cl)c1=O. The second-order valence-electron chi connectivity index (χ2n) is 4.20. The minimum Gasteiger partial charge on any atom is -0.383 e. The molecule has 2 aromatic heterocycles. The van der Waals surface area contributed by atoms with E-state index in [0.29, 0.717) is 25.4 Å². The van der Waals surface area contributed by atoms with Crippen molar-refractivity contribution in [3.8, 4) is 0 Å². The third-order valence-corrected chi connectivity index (χ3v) is 3.22. The van der Waals surface area contributed by atoms with E-state index in [2.05, 4.69) is 15.4 Å². The van der Waals surface area contributed by atoms with Gasteiger partial charge in [0.1, 0.15) is 10.8 Å². The van der Waals surface area contributed by atoms with Gasteiger partial charge in [0.05, 0.1) is 31.6 Å². The van der Waals surface area contributed by atoms with Crippen LogP contribution in [0.2, 0.25) is 5.02 Å². The van der Waals surface area contributed by atoms with Crippen LogP contribution in [-0.4, -0.2) is 33.0 Å². The van der Waals surface area contributed by atoms with Crippen molar-refractivity contribution in [2.75, 3.05) is 19.0 Å². The van der Waals surface area contributed by atoms with E-state index < -0.39 is 0 Å². The molecule has 8 heteroatoms. The predicted octanol–water partition coefficient (Wildman–Crippen LogP) is 0.889. The first kappa shape index (κ1) is 14.5. The van der Waals surface area contributed by atoms with Crippen molar-refractivity contribution in [3.05, 3.63) is 39.8 Å². The molecule has 0 atom stereocenters. The zero-order valence-corrected chi connectivity index (χ0v) is 12.1. The van der Waals surface area contributed by atoms with Crippen molar-refractivity contribution in [2.24, 2.45) is 7.05 Å². The van der Waals surface area contributed by atoms with Gasteiger partial charge in [-0.15, -0.1) is 0 Å². The Kier molecular flexibility index (Phi) is 4.75. The van der Waals surface area contributed by atoms with E-state index in [1.54, 1.807) is 13.3 Å². The van der Waals surface area contributed by atoms with Crippen LogP contribution in [0.5, 0.6) is 0 Å². The summed E-state index contributed by atoms with van der Waals surface area (Å²) in [6.45, 7) is 1.24. The Morgan fingerprint density at radius 3 is 2.95 bits per heavy atom. The van der Waals surface area contributed by atoms with Crippen LogP contribution in [0.25, 0.3) is 0 Å². The molecule has 0 spiro atoms. The largest absolute Gasteiger partial charge is 0.383 e. The molecule has 1 N–H and O–H groups in total. The lowest BCUT2D eigenvalue weighted by Crippen LogP contribution is -2.26. The van der Waals surface area contributed by atoms with Crippen LogP contribution in [0, 0.1) is 0 Å². The molecule has 0 aliphatic rings. The van der Waals surface area contributed by atoms with Crippen molar-refractivity contribution in [2.45, 2.75) is 13.1 Å². The molecular formula is C12H16ClN5O2. The van der Waals surface area contributed by atoms with Crippen LogP contribution in [0.3, 0.4) is 0 Å². The first-order valence-corrected chi connectivity index (χ1v) is 6.46. The number of aryl methyl sites for hydroxylation is 1. The quantitative estimate of drug-likeness (QED) is 0.857. The van der Waals surface area contributed by atoms with Gasteiger partial charge in [0, 0.05) is 26.6 Å². The topological polar surface area (TPSA) is 74.0 Å². The molecule has 0 unspecified atom stereocenters. The van der Waals surface area contributed by atoms with E-state index in [4.69, 9.17) is 16.3 Å². The highest BCUT2D eigenvalue weighted by molar-refractivity contribution is 6.32. The van der Waals surface area contributed by atoms with E-state index in [9.17, 15) is 4.79 Å². The molecule has 0 aliphatic heterocycles. The number of halogens is 1. The predicted molar refractivity (Wildman–Crippen MR) is 75.9 cm³/mol. The van der Waals surface area contributed by atoms with Crippen LogP contribution in [0.1, 0.15) is 5.82 Å². The molecule has 0 aliphatic carbocycles. The minimum absolute atomic E-state index is 0.116. The Balaban J connectivity index is 2.11. The summed E-state index contributed by atoms with van der Waals surface area (Å²) in [5.41, 5.74) is 0.155. The summed E-state index contributed by atoms with van der Waals surface area (Å²) in [7, 11) is 3.46. The van der Waals surface area contributed by atoms with Gasteiger partial charge in [0.2, 0.25) is 0 Å². The lowest BCUT2D eigenvalue weighted by Gasteiger charge is -2.10. The summed E-state index contributed by atoms with van der Waals surface area (Å²) < 4.78 is 8.07. The van der Waals surface area contributed by atoms with Gasteiger partial charge in [0.15, 0.2) is 0 Å². The maximum Gasteiger partial charge on any atom is 0.287 e. The van der Waals surface area contributed by atoms with E-state index >= 15 is 0 Å². The molecule has 0 radical (unpaired) electrons. The molecule has 0 fully saturated rings. The van der Waals surface area contributed by atoms with Crippen LogP contribution in [0.15, 0.2) is 23.4 Å². The van der Waals surface area contributed by atoms with Gasteiger partial charge in [-0.25, -0.2) is 9.67 Å². The van der Waals surface area contributed by atoms with Gasteiger partial charge in [-0.1, -0.05) is 11.6 Å². The Bertz CT molecular complexity index is 637. The van der Waals surface area contributed by atoms with Crippen LogP contribution in [-0.2, 0) is 24.9 Å². The van der Waals surface area contributed by atoms with Gasteiger partial charge in [-0.2, -0.15) is 5.10 Å². The van der Waals surface area contributed by atoms with Crippen LogP contribution < -0.4 is 10.9 Å². The number of aromatic nitrogens is 4. The number of imidazole rings is 1. The fraction of sp³-hybridized carbons (Fsp3) is 0.417. The van der Waals surface area contributed by atoms with Gasteiger partial charge in [-0.3, -0.25) is 4.79 Å². The number of ether oxygens (including phenoxy) is 1. The minimum atomic E-state index is -0.339. The monoisotopic (exact) mass is 297 g/mol. The molecule has 0 saturated heterocycles. The summed E-state index contributed by atoms with van der Waals surface area (Å²) in [6, 6.07) is 0. The van der Waals surface area contributed by atoms with Gasteiger partial charge in [0.25, 0.3) is 5.56 Å². The summed E-state index contributed by atoms with van der Waals surface area (Å²) in [5.74, 6) is 0.838. The molecule has 0 amide bonds. The number of nitrogens with zero attached hydrogens (tertiary/aromatic N) is 4. The van der Waals surface area contributed by atoms with Crippen molar-refractivity contribution in [3.63, 3.8) is 0 Å².